The highest BCUT2D eigenvalue weighted by atomic mass is 32.2. The predicted molar refractivity (Wildman–Crippen MR) is 108 cm³/mol. The third-order valence-corrected chi connectivity index (χ3v) is 5.51. The number of hydrogen-bond donors (Lipinski definition) is 2. The summed E-state index contributed by atoms with van der Waals surface area (Å²) < 4.78 is 25.4. The van der Waals surface area contributed by atoms with E-state index in [1.807, 2.05) is 39.0 Å². The zero-order valence-corrected chi connectivity index (χ0v) is 17.0. The quantitative estimate of drug-likeness (QED) is 0.704. The van der Waals surface area contributed by atoms with Gasteiger partial charge in [-0.2, -0.15) is 5.10 Å². The lowest BCUT2D eigenvalue weighted by Crippen LogP contribution is -2.20. The molecule has 28 heavy (non-hydrogen) atoms. The van der Waals surface area contributed by atoms with E-state index in [0.29, 0.717) is 5.69 Å². The van der Waals surface area contributed by atoms with Crippen LogP contribution in [-0.2, 0) is 10.0 Å². The summed E-state index contributed by atoms with van der Waals surface area (Å²) in [5.41, 5.74) is 5.03. The first-order valence-electron chi connectivity index (χ1n) is 8.65. The molecule has 2 aromatic carbocycles. The van der Waals surface area contributed by atoms with Crippen molar-refractivity contribution in [3.05, 3.63) is 70.5 Å². The van der Waals surface area contributed by atoms with Crippen LogP contribution in [0.4, 0.5) is 5.69 Å². The fourth-order valence-corrected chi connectivity index (χ4v) is 3.70. The average molecular weight is 398 g/mol. The lowest BCUT2D eigenvalue weighted by Gasteiger charge is -2.11. The Morgan fingerprint density at radius 3 is 2.36 bits per heavy atom. The van der Waals surface area contributed by atoms with Crippen LogP contribution >= 0.6 is 0 Å². The fraction of sp³-hybridized carbons (Fsp3) is 0.200. The standard InChI is InChI=1S/C20H22N4O3S/c1-12-6-8-19(28(21,26)27)16(9-12)20(25)23-17-11-22-24(15(17)4)18-10-13(2)5-7-14(18)3/h5-11H,1-4H3,(H,23,25)(H2,21,26,27). The van der Waals surface area contributed by atoms with Crippen molar-refractivity contribution in [2.24, 2.45) is 5.14 Å². The van der Waals surface area contributed by atoms with Crippen LogP contribution in [0.3, 0.4) is 0 Å². The Bertz CT molecular complexity index is 1180. The van der Waals surface area contributed by atoms with Gasteiger partial charge in [-0.1, -0.05) is 23.8 Å². The molecule has 1 amide bonds. The second-order valence-electron chi connectivity index (χ2n) is 6.84. The van der Waals surface area contributed by atoms with Gasteiger partial charge in [0, 0.05) is 0 Å². The van der Waals surface area contributed by atoms with Crippen molar-refractivity contribution in [2.75, 3.05) is 5.32 Å². The molecular weight excluding hydrogens is 376 g/mol. The van der Waals surface area contributed by atoms with Crippen LogP contribution in [0.2, 0.25) is 0 Å². The molecule has 0 unspecified atom stereocenters. The van der Waals surface area contributed by atoms with Gasteiger partial charge < -0.3 is 5.32 Å². The zero-order valence-electron chi connectivity index (χ0n) is 16.1. The van der Waals surface area contributed by atoms with Crippen molar-refractivity contribution in [2.45, 2.75) is 32.6 Å². The van der Waals surface area contributed by atoms with E-state index < -0.39 is 15.9 Å². The maximum Gasteiger partial charge on any atom is 0.257 e. The van der Waals surface area contributed by atoms with Crippen molar-refractivity contribution in [3.63, 3.8) is 0 Å². The first-order valence-corrected chi connectivity index (χ1v) is 10.2. The maximum absolute atomic E-state index is 12.8. The van der Waals surface area contributed by atoms with Gasteiger partial charge >= 0.3 is 0 Å². The third-order valence-electron chi connectivity index (χ3n) is 4.54. The SMILES string of the molecule is Cc1ccc(S(N)(=O)=O)c(C(=O)Nc2cnn(-c3cc(C)ccc3C)c2C)c1. The Hall–Kier alpha value is -2.97. The molecular formula is C20H22N4O3S. The van der Waals surface area contributed by atoms with Crippen LogP contribution in [0, 0.1) is 27.7 Å². The Morgan fingerprint density at radius 1 is 1.04 bits per heavy atom. The second-order valence-corrected chi connectivity index (χ2v) is 8.37. The number of primary sulfonamides is 1. The zero-order chi connectivity index (χ0) is 20.6. The molecule has 0 aliphatic rings. The number of aryl methyl sites for hydroxylation is 3. The molecule has 0 bridgehead atoms. The normalized spacial score (nSPS) is 11.5. The molecule has 0 saturated heterocycles. The maximum atomic E-state index is 12.8. The van der Waals surface area contributed by atoms with Gasteiger partial charge in [0.2, 0.25) is 10.0 Å². The topological polar surface area (TPSA) is 107 Å². The van der Waals surface area contributed by atoms with E-state index in [2.05, 4.69) is 10.4 Å². The molecule has 146 valence electrons. The minimum atomic E-state index is -4.03. The van der Waals surface area contributed by atoms with E-state index in [4.69, 9.17) is 5.14 Å². The molecule has 1 heterocycles. The van der Waals surface area contributed by atoms with Gasteiger partial charge in [-0.25, -0.2) is 18.2 Å². The summed E-state index contributed by atoms with van der Waals surface area (Å²) in [4.78, 5) is 12.6. The number of nitrogens with two attached hydrogens (primary N) is 1. The number of carbonyl (C=O) groups is 1. The average Bonchev–Trinajstić information content (AvgIpc) is 2.96. The number of sulfonamides is 1. The number of benzene rings is 2. The summed E-state index contributed by atoms with van der Waals surface area (Å²) in [5, 5.41) is 12.4. The van der Waals surface area contributed by atoms with E-state index in [1.54, 1.807) is 23.9 Å². The first-order chi connectivity index (χ1) is 13.1. The molecule has 8 heteroatoms. The molecule has 0 saturated carbocycles. The van der Waals surface area contributed by atoms with Gasteiger partial charge in [-0.15, -0.1) is 0 Å². The van der Waals surface area contributed by atoms with Crippen LogP contribution in [0.15, 0.2) is 47.5 Å². The molecule has 3 N–H and O–H groups in total. The van der Waals surface area contributed by atoms with Gasteiger partial charge in [-0.05, 0) is 57.0 Å². The van der Waals surface area contributed by atoms with Crippen LogP contribution in [0.5, 0.6) is 0 Å². The number of hydrogen-bond acceptors (Lipinski definition) is 4. The van der Waals surface area contributed by atoms with Gasteiger partial charge in [0.05, 0.1) is 33.7 Å². The van der Waals surface area contributed by atoms with E-state index in [-0.39, 0.29) is 10.5 Å². The van der Waals surface area contributed by atoms with Gasteiger partial charge in [0.25, 0.3) is 5.91 Å². The Morgan fingerprint density at radius 2 is 1.68 bits per heavy atom. The Labute approximate surface area is 164 Å². The summed E-state index contributed by atoms with van der Waals surface area (Å²) in [6.45, 7) is 7.59. The number of rotatable bonds is 4. The van der Waals surface area contributed by atoms with Crippen molar-refractivity contribution in [3.8, 4) is 5.69 Å². The molecule has 7 nitrogen and oxygen atoms in total. The van der Waals surface area contributed by atoms with Gasteiger partial charge in [-0.3, -0.25) is 4.79 Å². The largest absolute Gasteiger partial charge is 0.319 e. The summed E-state index contributed by atoms with van der Waals surface area (Å²) in [6.07, 6.45) is 1.54. The van der Waals surface area contributed by atoms with E-state index in [9.17, 15) is 13.2 Å². The van der Waals surface area contributed by atoms with Crippen LogP contribution < -0.4 is 10.5 Å². The molecule has 3 rings (SSSR count). The number of anilines is 1. The molecule has 0 radical (unpaired) electrons. The highest BCUT2D eigenvalue weighted by Crippen LogP contribution is 2.23. The predicted octanol–water partition coefficient (Wildman–Crippen LogP) is 3.01. The van der Waals surface area contributed by atoms with Crippen molar-refractivity contribution >= 4 is 21.6 Å². The number of amides is 1. The molecule has 0 aliphatic heterocycles. The number of nitrogens with one attached hydrogen (secondary N) is 1. The lowest BCUT2D eigenvalue weighted by atomic mass is 10.1. The van der Waals surface area contributed by atoms with Gasteiger partial charge in [0.15, 0.2) is 0 Å². The molecule has 3 aromatic rings. The van der Waals surface area contributed by atoms with Crippen molar-refractivity contribution in [1.29, 1.82) is 0 Å². The molecule has 0 aliphatic carbocycles. The van der Waals surface area contributed by atoms with E-state index >= 15 is 0 Å². The summed E-state index contributed by atoms with van der Waals surface area (Å²) in [6, 6.07) is 10.5. The minimum Gasteiger partial charge on any atom is -0.319 e. The lowest BCUT2D eigenvalue weighted by molar-refractivity contribution is 0.102. The summed E-state index contributed by atoms with van der Waals surface area (Å²) in [7, 11) is -4.03. The number of carbonyl (C=O) groups excluding carboxylic acids is 1. The summed E-state index contributed by atoms with van der Waals surface area (Å²) >= 11 is 0. The second kappa shape index (κ2) is 7.21. The van der Waals surface area contributed by atoms with Crippen LogP contribution in [-0.4, -0.2) is 24.1 Å². The Balaban J connectivity index is 1.99. The van der Waals surface area contributed by atoms with Crippen LogP contribution in [0.25, 0.3) is 5.69 Å². The molecule has 1 aromatic heterocycles. The molecule has 0 spiro atoms. The van der Waals surface area contributed by atoms with Crippen LogP contribution in [0.1, 0.15) is 32.7 Å². The minimum absolute atomic E-state index is 0.00128. The van der Waals surface area contributed by atoms with E-state index in [1.165, 1.54) is 12.1 Å². The van der Waals surface area contributed by atoms with Crippen molar-refractivity contribution < 1.29 is 13.2 Å². The first kappa shape index (κ1) is 19.8. The molecule has 0 fully saturated rings. The fourth-order valence-electron chi connectivity index (χ4n) is 2.98. The third kappa shape index (κ3) is 3.83. The number of aromatic nitrogens is 2. The Kier molecular flexibility index (Phi) is 5.10. The monoisotopic (exact) mass is 398 g/mol. The van der Waals surface area contributed by atoms with Crippen molar-refractivity contribution in [1.82, 2.24) is 9.78 Å². The highest BCUT2D eigenvalue weighted by molar-refractivity contribution is 7.89. The molecule has 0 atom stereocenters. The van der Waals surface area contributed by atoms with Gasteiger partial charge in [0.1, 0.15) is 0 Å². The number of nitrogens with zero attached hydrogens (tertiary/aromatic N) is 2. The van der Waals surface area contributed by atoms with E-state index in [0.717, 1.165) is 28.1 Å². The smallest absolute Gasteiger partial charge is 0.257 e. The summed E-state index contributed by atoms with van der Waals surface area (Å²) in [5.74, 6) is -0.559. The highest BCUT2D eigenvalue weighted by Gasteiger charge is 2.21.